The lowest BCUT2D eigenvalue weighted by molar-refractivity contribution is -0.119. The topological polar surface area (TPSA) is 36.4 Å². The van der Waals surface area contributed by atoms with Crippen LogP contribution in [0.15, 0.2) is 35.8 Å². The number of carbonyl (C=O) groups is 1. The summed E-state index contributed by atoms with van der Waals surface area (Å²) < 4.78 is 0. The Hall–Kier alpha value is -1.43. The number of thiazole rings is 1. The normalized spacial score (nSPS) is 25.6. The number of benzene rings is 1. The van der Waals surface area contributed by atoms with Crippen molar-refractivity contribution in [2.45, 2.75) is 25.0 Å². The highest BCUT2D eigenvalue weighted by molar-refractivity contribution is 7.13. The maximum absolute atomic E-state index is 12.8. The molecule has 6 heteroatoms. The van der Waals surface area contributed by atoms with Crippen LogP contribution in [0.25, 0.3) is 0 Å². The number of hydrogen-bond acceptors (Lipinski definition) is 4. The van der Waals surface area contributed by atoms with Gasteiger partial charge in [-0.2, -0.15) is 0 Å². The third-order valence-electron chi connectivity index (χ3n) is 4.15. The zero-order valence-corrected chi connectivity index (χ0v) is 12.8. The van der Waals surface area contributed by atoms with Gasteiger partial charge in [-0.3, -0.25) is 14.6 Å². The molecular weight excluding hydrogens is 306 g/mol. The van der Waals surface area contributed by atoms with Crippen molar-refractivity contribution in [1.82, 2.24) is 9.88 Å². The number of anilines is 1. The first kappa shape index (κ1) is 13.2. The molecule has 0 N–H and O–H groups in total. The minimum atomic E-state index is -0.0881. The Morgan fingerprint density at radius 3 is 3.05 bits per heavy atom. The number of amides is 1. The fourth-order valence-electron chi connectivity index (χ4n) is 3.32. The second kappa shape index (κ2) is 5.09. The summed E-state index contributed by atoms with van der Waals surface area (Å²) in [6.45, 7) is 0.940. The number of rotatable bonds is 2. The number of carbonyl (C=O) groups excluding carboxylic acids is 1. The van der Waals surface area contributed by atoms with Crippen molar-refractivity contribution < 1.29 is 4.79 Å². The van der Waals surface area contributed by atoms with Crippen molar-refractivity contribution >= 4 is 34.0 Å². The standard InChI is InChI=1S/C15H14ClN3OS/c16-11-4-1-3-10(9-11)13-18-7-2-5-12(18)14(20)19(13)15-17-6-8-21-15/h1,3-4,6,8-9,12-13H,2,5,7H2. The molecule has 0 saturated carbocycles. The van der Waals surface area contributed by atoms with E-state index < -0.39 is 0 Å². The van der Waals surface area contributed by atoms with Crippen molar-refractivity contribution in [3.63, 3.8) is 0 Å². The summed E-state index contributed by atoms with van der Waals surface area (Å²) in [5.74, 6) is 0.160. The average Bonchev–Trinajstić information content (AvgIpc) is 3.17. The second-order valence-corrected chi connectivity index (χ2v) is 6.66. The quantitative estimate of drug-likeness (QED) is 0.852. The molecule has 21 heavy (non-hydrogen) atoms. The molecule has 2 aliphatic heterocycles. The van der Waals surface area contributed by atoms with Gasteiger partial charge in [-0.15, -0.1) is 11.3 Å². The number of aromatic nitrogens is 1. The first-order valence-corrected chi connectivity index (χ1v) is 8.25. The van der Waals surface area contributed by atoms with Crippen molar-refractivity contribution in [3.05, 3.63) is 46.4 Å². The van der Waals surface area contributed by atoms with Crippen LogP contribution < -0.4 is 4.90 Å². The SMILES string of the molecule is O=C1C2CCCN2C(c2cccc(Cl)c2)N1c1nccs1. The van der Waals surface area contributed by atoms with Crippen LogP contribution in [0.2, 0.25) is 5.02 Å². The Bertz CT molecular complexity index is 675. The molecule has 0 bridgehead atoms. The number of halogens is 1. The van der Waals surface area contributed by atoms with E-state index in [0.29, 0.717) is 5.02 Å². The summed E-state index contributed by atoms with van der Waals surface area (Å²) in [6.07, 6.45) is 3.65. The van der Waals surface area contributed by atoms with Gasteiger partial charge in [0.2, 0.25) is 5.91 Å². The van der Waals surface area contributed by atoms with Crippen LogP contribution in [-0.4, -0.2) is 28.4 Å². The third kappa shape index (κ3) is 2.08. The third-order valence-corrected chi connectivity index (χ3v) is 5.15. The molecule has 2 atom stereocenters. The van der Waals surface area contributed by atoms with Crippen LogP contribution in [0.4, 0.5) is 5.13 Å². The van der Waals surface area contributed by atoms with Gasteiger partial charge in [0.05, 0.1) is 6.04 Å². The number of nitrogens with zero attached hydrogens (tertiary/aromatic N) is 3. The van der Waals surface area contributed by atoms with E-state index in [2.05, 4.69) is 9.88 Å². The lowest BCUT2D eigenvalue weighted by Crippen LogP contribution is -2.32. The zero-order valence-electron chi connectivity index (χ0n) is 11.3. The predicted molar refractivity (Wildman–Crippen MR) is 83.5 cm³/mol. The molecule has 0 spiro atoms. The van der Waals surface area contributed by atoms with Crippen LogP contribution >= 0.6 is 22.9 Å². The highest BCUT2D eigenvalue weighted by Crippen LogP contribution is 2.43. The molecule has 0 aliphatic carbocycles. The smallest absolute Gasteiger partial charge is 0.247 e. The van der Waals surface area contributed by atoms with Gasteiger partial charge < -0.3 is 0 Å². The largest absolute Gasteiger partial charge is 0.273 e. The number of fused-ring (bicyclic) bond motifs is 1. The van der Waals surface area contributed by atoms with Gasteiger partial charge in [0.25, 0.3) is 0 Å². The fraction of sp³-hybridized carbons (Fsp3) is 0.333. The molecule has 2 aromatic rings. The summed E-state index contributed by atoms with van der Waals surface area (Å²) in [6, 6.07) is 7.76. The van der Waals surface area contributed by atoms with E-state index >= 15 is 0 Å². The summed E-state index contributed by atoms with van der Waals surface area (Å²) in [5, 5.41) is 3.36. The molecule has 0 radical (unpaired) electrons. The lowest BCUT2D eigenvalue weighted by Gasteiger charge is -2.28. The van der Waals surface area contributed by atoms with Gasteiger partial charge in [-0.1, -0.05) is 23.7 Å². The molecule has 2 saturated heterocycles. The van der Waals surface area contributed by atoms with Gasteiger partial charge in [-0.05, 0) is 30.5 Å². The van der Waals surface area contributed by atoms with Crippen LogP contribution in [0.1, 0.15) is 24.6 Å². The van der Waals surface area contributed by atoms with Crippen LogP contribution in [0.5, 0.6) is 0 Å². The molecule has 4 nitrogen and oxygen atoms in total. The maximum atomic E-state index is 12.8. The second-order valence-electron chi connectivity index (χ2n) is 5.35. The Morgan fingerprint density at radius 2 is 2.29 bits per heavy atom. The summed E-state index contributed by atoms with van der Waals surface area (Å²) >= 11 is 7.64. The van der Waals surface area contributed by atoms with Gasteiger partial charge in [0.1, 0.15) is 6.17 Å². The minimum absolute atomic E-state index is 0.0159. The lowest BCUT2D eigenvalue weighted by atomic mass is 10.1. The zero-order chi connectivity index (χ0) is 14.4. The van der Waals surface area contributed by atoms with Gasteiger partial charge in [0.15, 0.2) is 5.13 Å². The van der Waals surface area contributed by atoms with Gasteiger partial charge in [-0.25, -0.2) is 4.98 Å². The van der Waals surface area contributed by atoms with E-state index in [1.807, 2.05) is 34.5 Å². The summed E-state index contributed by atoms with van der Waals surface area (Å²) in [5.41, 5.74) is 1.05. The molecular formula is C15H14ClN3OS. The van der Waals surface area contributed by atoms with Crippen LogP contribution in [0, 0.1) is 0 Å². The number of hydrogen-bond donors (Lipinski definition) is 0. The summed E-state index contributed by atoms with van der Waals surface area (Å²) in [7, 11) is 0. The van der Waals surface area contributed by atoms with Crippen molar-refractivity contribution in [3.8, 4) is 0 Å². The van der Waals surface area contributed by atoms with Gasteiger partial charge in [0, 0.05) is 23.1 Å². The monoisotopic (exact) mass is 319 g/mol. The van der Waals surface area contributed by atoms with E-state index in [1.165, 1.54) is 11.3 Å². The van der Waals surface area contributed by atoms with E-state index in [9.17, 15) is 4.79 Å². The van der Waals surface area contributed by atoms with Crippen LogP contribution in [-0.2, 0) is 4.79 Å². The van der Waals surface area contributed by atoms with Gasteiger partial charge >= 0.3 is 0 Å². The predicted octanol–water partition coefficient (Wildman–Crippen LogP) is 3.31. The highest BCUT2D eigenvalue weighted by atomic mass is 35.5. The molecule has 1 aromatic heterocycles. The summed E-state index contributed by atoms with van der Waals surface area (Å²) in [4.78, 5) is 21.2. The Balaban J connectivity index is 1.82. The Morgan fingerprint density at radius 1 is 1.38 bits per heavy atom. The maximum Gasteiger partial charge on any atom is 0.247 e. The molecule has 1 aromatic carbocycles. The first-order chi connectivity index (χ1) is 10.3. The van der Waals surface area contributed by atoms with Crippen molar-refractivity contribution in [2.75, 3.05) is 11.4 Å². The fourth-order valence-corrected chi connectivity index (χ4v) is 4.19. The van der Waals surface area contributed by atoms with E-state index in [4.69, 9.17) is 11.6 Å². The molecule has 2 aliphatic rings. The molecule has 3 heterocycles. The highest BCUT2D eigenvalue weighted by Gasteiger charge is 2.50. The van der Waals surface area contributed by atoms with Crippen LogP contribution in [0.3, 0.4) is 0 Å². The van der Waals surface area contributed by atoms with E-state index in [-0.39, 0.29) is 18.1 Å². The Labute approximate surface area is 132 Å². The Kier molecular flexibility index (Phi) is 3.21. The molecule has 2 fully saturated rings. The average molecular weight is 320 g/mol. The van der Waals surface area contributed by atoms with E-state index in [0.717, 1.165) is 30.1 Å². The molecule has 108 valence electrons. The molecule has 4 rings (SSSR count). The van der Waals surface area contributed by atoms with E-state index in [1.54, 1.807) is 6.20 Å². The molecule has 1 amide bonds. The molecule has 2 unspecified atom stereocenters. The van der Waals surface area contributed by atoms with Crippen molar-refractivity contribution in [1.29, 1.82) is 0 Å². The van der Waals surface area contributed by atoms with Crippen molar-refractivity contribution in [2.24, 2.45) is 0 Å². The first-order valence-electron chi connectivity index (χ1n) is 6.99. The minimum Gasteiger partial charge on any atom is -0.273 e.